The van der Waals surface area contributed by atoms with E-state index in [4.69, 9.17) is 29.5 Å². The minimum Gasteiger partial charge on any atom is -0.480 e. The highest BCUT2D eigenvalue weighted by Gasteiger charge is 2.32. The second-order valence-electron chi connectivity index (χ2n) is 6.75. The molecule has 0 radical (unpaired) electrons. The summed E-state index contributed by atoms with van der Waals surface area (Å²) in [4.78, 5) is 32.2. The number of carbonyl (C=O) groups is 3. The molecule has 0 spiro atoms. The van der Waals surface area contributed by atoms with E-state index in [2.05, 4.69) is 6.58 Å². The zero-order valence-corrected chi connectivity index (χ0v) is 16.3. The number of aliphatic carboxylic acids is 3. The maximum Gasteiger partial charge on any atom is 0.329 e. The van der Waals surface area contributed by atoms with Crippen LogP contribution in [0.25, 0.3) is 0 Å². The van der Waals surface area contributed by atoms with E-state index in [1.165, 1.54) is 0 Å². The van der Waals surface area contributed by atoms with E-state index < -0.39 is 43.1 Å². The number of carboxylic acid groups (broad SMARTS) is 3. The van der Waals surface area contributed by atoms with Crippen molar-refractivity contribution < 1.29 is 43.9 Å². The first kappa shape index (κ1) is 26.0. The Morgan fingerprint density at radius 2 is 1.11 bits per heavy atom. The zero-order chi connectivity index (χ0) is 21.3. The van der Waals surface area contributed by atoms with Gasteiger partial charge >= 0.3 is 17.9 Å². The van der Waals surface area contributed by atoms with E-state index >= 15 is 0 Å². The van der Waals surface area contributed by atoms with Gasteiger partial charge in [-0.15, -0.1) is 6.58 Å². The highest BCUT2D eigenvalue weighted by molar-refractivity contribution is 5.68. The summed E-state index contributed by atoms with van der Waals surface area (Å²) < 4.78 is 15.7. The third kappa shape index (κ3) is 15.1. The molecule has 0 atom stereocenters. The molecule has 0 rings (SSSR count). The molecule has 0 aromatic heterocycles. The summed E-state index contributed by atoms with van der Waals surface area (Å²) >= 11 is 0. The van der Waals surface area contributed by atoms with Crippen LogP contribution in [0.15, 0.2) is 12.7 Å². The summed E-state index contributed by atoms with van der Waals surface area (Å²) in [6, 6.07) is 0. The number of rotatable bonds is 20. The average molecular weight is 404 g/mol. The summed E-state index contributed by atoms with van der Waals surface area (Å²) in [5, 5.41) is 26.3. The SMILES string of the molecule is C=CCCCCCCCC(COCC(=O)O)(COCC(=O)O)COCC(=O)O. The van der Waals surface area contributed by atoms with Gasteiger partial charge in [0.25, 0.3) is 0 Å². The third-order valence-corrected chi connectivity index (χ3v) is 4.02. The van der Waals surface area contributed by atoms with Gasteiger partial charge in [0.2, 0.25) is 0 Å². The van der Waals surface area contributed by atoms with Crippen molar-refractivity contribution in [3.8, 4) is 0 Å². The van der Waals surface area contributed by atoms with Crippen LogP contribution in [0.1, 0.15) is 44.9 Å². The van der Waals surface area contributed by atoms with Gasteiger partial charge in [0.1, 0.15) is 19.8 Å². The number of hydrogen-bond acceptors (Lipinski definition) is 6. The maximum atomic E-state index is 10.7. The quantitative estimate of drug-likeness (QED) is 0.206. The van der Waals surface area contributed by atoms with Crippen molar-refractivity contribution in [1.82, 2.24) is 0 Å². The second-order valence-corrected chi connectivity index (χ2v) is 6.75. The van der Waals surface area contributed by atoms with E-state index in [1.807, 2.05) is 6.08 Å². The smallest absolute Gasteiger partial charge is 0.329 e. The Labute approximate surface area is 165 Å². The van der Waals surface area contributed by atoms with Crippen LogP contribution < -0.4 is 0 Å². The van der Waals surface area contributed by atoms with Gasteiger partial charge in [0.15, 0.2) is 0 Å². The molecule has 162 valence electrons. The molecule has 28 heavy (non-hydrogen) atoms. The van der Waals surface area contributed by atoms with Crippen molar-refractivity contribution in [3.63, 3.8) is 0 Å². The van der Waals surface area contributed by atoms with Gasteiger partial charge in [0.05, 0.1) is 19.8 Å². The normalized spacial score (nSPS) is 11.3. The lowest BCUT2D eigenvalue weighted by molar-refractivity contribution is -0.151. The molecule has 0 bridgehead atoms. The Balaban J connectivity index is 4.80. The molecule has 0 unspecified atom stereocenters. The molecule has 0 aliphatic carbocycles. The molecule has 0 aliphatic rings. The van der Waals surface area contributed by atoms with Crippen LogP contribution in [-0.2, 0) is 28.6 Å². The van der Waals surface area contributed by atoms with Crippen molar-refractivity contribution in [2.24, 2.45) is 5.41 Å². The largest absolute Gasteiger partial charge is 0.480 e. The molecular weight excluding hydrogens is 372 g/mol. The number of ether oxygens (including phenoxy) is 3. The third-order valence-electron chi connectivity index (χ3n) is 4.02. The molecule has 0 fully saturated rings. The van der Waals surface area contributed by atoms with Crippen LogP contribution in [0.4, 0.5) is 0 Å². The van der Waals surface area contributed by atoms with Crippen molar-refractivity contribution in [1.29, 1.82) is 0 Å². The Morgan fingerprint density at radius 3 is 1.50 bits per heavy atom. The fourth-order valence-corrected chi connectivity index (χ4v) is 2.73. The monoisotopic (exact) mass is 404 g/mol. The van der Waals surface area contributed by atoms with E-state index in [0.29, 0.717) is 6.42 Å². The first-order valence-electron chi connectivity index (χ1n) is 9.31. The minimum atomic E-state index is -1.13. The van der Waals surface area contributed by atoms with Crippen molar-refractivity contribution in [2.75, 3.05) is 39.6 Å². The van der Waals surface area contributed by atoms with Crippen LogP contribution in [-0.4, -0.2) is 72.9 Å². The van der Waals surface area contributed by atoms with Gasteiger partial charge in [-0.3, -0.25) is 0 Å². The molecule has 0 aromatic rings. The molecular formula is C19H32O9. The molecule has 0 heterocycles. The lowest BCUT2D eigenvalue weighted by Crippen LogP contribution is -2.39. The highest BCUT2D eigenvalue weighted by Crippen LogP contribution is 2.28. The van der Waals surface area contributed by atoms with Crippen LogP contribution in [0.3, 0.4) is 0 Å². The molecule has 0 saturated heterocycles. The Kier molecular flexibility index (Phi) is 14.9. The number of allylic oxidation sites excluding steroid dienone is 1. The number of carboxylic acids is 3. The molecule has 0 aliphatic heterocycles. The fraction of sp³-hybridized carbons (Fsp3) is 0.737. The number of hydrogen-bond donors (Lipinski definition) is 3. The topological polar surface area (TPSA) is 140 Å². The minimum absolute atomic E-state index is 0.0327. The van der Waals surface area contributed by atoms with E-state index in [0.717, 1.165) is 38.5 Å². The molecule has 3 N–H and O–H groups in total. The summed E-state index contributed by atoms with van der Waals surface area (Å²) in [5.74, 6) is -3.39. The van der Waals surface area contributed by atoms with E-state index in [1.54, 1.807) is 0 Å². The van der Waals surface area contributed by atoms with Crippen LogP contribution >= 0.6 is 0 Å². The predicted octanol–water partition coefficient (Wildman–Crippen LogP) is 2.19. The first-order chi connectivity index (χ1) is 13.3. The zero-order valence-electron chi connectivity index (χ0n) is 16.3. The predicted molar refractivity (Wildman–Crippen MR) is 100 cm³/mol. The van der Waals surface area contributed by atoms with Crippen LogP contribution in [0, 0.1) is 5.41 Å². The lowest BCUT2D eigenvalue weighted by Gasteiger charge is -2.33. The summed E-state index contributed by atoms with van der Waals surface area (Å²) in [6.45, 7) is 2.05. The molecule has 0 aromatic carbocycles. The first-order valence-corrected chi connectivity index (χ1v) is 9.31. The Hall–Kier alpha value is -1.97. The second kappa shape index (κ2) is 16.0. The molecule has 0 saturated carbocycles. The van der Waals surface area contributed by atoms with Crippen molar-refractivity contribution >= 4 is 17.9 Å². The average Bonchev–Trinajstić information content (AvgIpc) is 2.60. The van der Waals surface area contributed by atoms with Gasteiger partial charge in [-0.05, 0) is 19.3 Å². The van der Waals surface area contributed by atoms with E-state index in [9.17, 15) is 14.4 Å². The fourth-order valence-electron chi connectivity index (χ4n) is 2.73. The maximum absolute atomic E-state index is 10.7. The highest BCUT2D eigenvalue weighted by atomic mass is 16.5. The van der Waals surface area contributed by atoms with Gasteiger partial charge < -0.3 is 29.5 Å². The van der Waals surface area contributed by atoms with Gasteiger partial charge in [-0.1, -0.05) is 31.8 Å². The van der Waals surface area contributed by atoms with Crippen LogP contribution in [0.5, 0.6) is 0 Å². The van der Waals surface area contributed by atoms with Gasteiger partial charge in [0, 0.05) is 5.41 Å². The Bertz CT molecular complexity index is 426. The van der Waals surface area contributed by atoms with Crippen molar-refractivity contribution in [2.45, 2.75) is 44.9 Å². The van der Waals surface area contributed by atoms with E-state index in [-0.39, 0.29) is 19.8 Å². The molecule has 9 heteroatoms. The van der Waals surface area contributed by atoms with Gasteiger partial charge in [-0.2, -0.15) is 0 Å². The lowest BCUT2D eigenvalue weighted by atomic mass is 9.84. The summed E-state index contributed by atoms with van der Waals surface area (Å²) in [7, 11) is 0. The number of unbranched alkanes of at least 4 members (excludes halogenated alkanes) is 5. The van der Waals surface area contributed by atoms with Crippen LogP contribution in [0.2, 0.25) is 0 Å². The standard InChI is InChI=1S/C19H32O9/c1-2-3-4-5-6-7-8-9-19(13-26-10-16(20)21,14-27-11-17(22)23)15-28-12-18(24)25/h2H,1,3-15H2,(H,20,21)(H,22,23)(H,24,25). The van der Waals surface area contributed by atoms with Gasteiger partial charge in [-0.25, -0.2) is 14.4 Å². The molecule has 0 amide bonds. The summed E-state index contributed by atoms with van der Waals surface area (Å²) in [5.41, 5.74) is -0.818. The Morgan fingerprint density at radius 1 is 0.714 bits per heavy atom. The summed E-state index contributed by atoms with van der Waals surface area (Å²) in [6.07, 6.45) is 8.25. The molecule has 9 nitrogen and oxygen atoms in total. The van der Waals surface area contributed by atoms with Crippen molar-refractivity contribution in [3.05, 3.63) is 12.7 Å².